The number of anilines is 1. The first kappa shape index (κ1) is 17.5. The molecule has 0 fully saturated rings. The summed E-state index contributed by atoms with van der Waals surface area (Å²) in [4.78, 5) is 2.10. The Bertz CT molecular complexity index is 479. The lowest BCUT2D eigenvalue weighted by Gasteiger charge is -2.32. The van der Waals surface area contributed by atoms with E-state index in [4.69, 9.17) is 5.26 Å². The molecule has 0 aliphatic rings. The highest BCUT2D eigenvalue weighted by atomic mass is 19.1. The second kappa shape index (κ2) is 8.63. The quantitative estimate of drug-likeness (QED) is 0.786. The SMILES string of the molecule is CCCNC(C)c1c(F)cccc1N(CCC#N)C(C)C. The maximum atomic E-state index is 14.3. The molecule has 1 atom stereocenters. The highest BCUT2D eigenvalue weighted by molar-refractivity contribution is 5.56. The van der Waals surface area contributed by atoms with Crippen molar-refractivity contribution in [2.75, 3.05) is 18.0 Å². The Balaban J connectivity index is 3.15. The zero-order valence-electron chi connectivity index (χ0n) is 13.5. The molecule has 0 radical (unpaired) electrons. The second-order valence-electron chi connectivity index (χ2n) is 5.54. The van der Waals surface area contributed by atoms with Crippen LogP contribution < -0.4 is 10.2 Å². The van der Waals surface area contributed by atoms with Crippen LogP contribution in [0, 0.1) is 17.1 Å². The van der Waals surface area contributed by atoms with Crippen molar-refractivity contribution in [2.45, 2.75) is 52.6 Å². The summed E-state index contributed by atoms with van der Waals surface area (Å²) >= 11 is 0. The van der Waals surface area contributed by atoms with Gasteiger partial charge in [-0.15, -0.1) is 0 Å². The molecule has 4 heteroatoms. The molecular formula is C17H26FN3. The number of benzene rings is 1. The van der Waals surface area contributed by atoms with Gasteiger partial charge in [-0.3, -0.25) is 0 Å². The molecule has 0 bridgehead atoms. The topological polar surface area (TPSA) is 39.1 Å². The summed E-state index contributed by atoms with van der Waals surface area (Å²) in [7, 11) is 0. The summed E-state index contributed by atoms with van der Waals surface area (Å²) in [6.07, 6.45) is 1.45. The first-order chi connectivity index (χ1) is 10.0. The minimum Gasteiger partial charge on any atom is -0.368 e. The molecular weight excluding hydrogens is 265 g/mol. The summed E-state index contributed by atoms with van der Waals surface area (Å²) in [5.41, 5.74) is 1.58. The summed E-state index contributed by atoms with van der Waals surface area (Å²) < 4.78 is 14.3. The molecule has 0 heterocycles. The van der Waals surface area contributed by atoms with E-state index >= 15 is 0 Å². The minimum absolute atomic E-state index is 0.0514. The molecule has 1 aromatic rings. The number of hydrogen-bond acceptors (Lipinski definition) is 3. The smallest absolute Gasteiger partial charge is 0.130 e. The molecule has 0 spiro atoms. The Morgan fingerprint density at radius 1 is 1.33 bits per heavy atom. The van der Waals surface area contributed by atoms with E-state index in [1.807, 2.05) is 13.0 Å². The number of hydrogen-bond donors (Lipinski definition) is 1. The van der Waals surface area contributed by atoms with Crippen molar-refractivity contribution >= 4 is 5.69 Å². The lowest BCUT2D eigenvalue weighted by atomic mass is 10.0. The van der Waals surface area contributed by atoms with E-state index in [0.29, 0.717) is 18.5 Å². The molecule has 1 aromatic carbocycles. The zero-order chi connectivity index (χ0) is 15.8. The van der Waals surface area contributed by atoms with Gasteiger partial charge in [0.1, 0.15) is 5.82 Å². The fourth-order valence-corrected chi connectivity index (χ4v) is 2.49. The number of nitrogens with zero attached hydrogens (tertiary/aromatic N) is 2. The molecule has 0 aliphatic heterocycles. The van der Waals surface area contributed by atoms with Gasteiger partial charge in [0.05, 0.1) is 12.5 Å². The van der Waals surface area contributed by atoms with Gasteiger partial charge < -0.3 is 10.2 Å². The van der Waals surface area contributed by atoms with Gasteiger partial charge in [0, 0.05) is 29.9 Å². The predicted octanol–water partition coefficient (Wildman–Crippen LogP) is 4.01. The zero-order valence-corrected chi connectivity index (χ0v) is 13.5. The van der Waals surface area contributed by atoms with Gasteiger partial charge in [0.15, 0.2) is 0 Å². The third-order valence-electron chi connectivity index (χ3n) is 3.56. The number of halogens is 1. The lowest BCUT2D eigenvalue weighted by molar-refractivity contribution is 0.524. The number of nitrogens with one attached hydrogen (secondary N) is 1. The standard InChI is InChI=1S/C17H26FN3/c1-5-11-20-14(4)17-15(18)8-6-9-16(17)21(13(2)3)12-7-10-19/h6,8-9,13-14,20H,5,7,11-12H2,1-4H3. The maximum Gasteiger partial charge on any atom is 0.130 e. The van der Waals surface area contributed by atoms with Crippen LogP contribution >= 0.6 is 0 Å². The van der Waals surface area contributed by atoms with Crippen LogP contribution in [0.25, 0.3) is 0 Å². The van der Waals surface area contributed by atoms with Crippen molar-refractivity contribution in [2.24, 2.45) is 0 Å². The van der Waals surface area contributed by atoms with Gasteiger partial charge in [-0.05, 0) is 45.9 Å². The van der Waals surface area contributed by atoms with Gasteiger partial charge in [-0.25, -0.2) is 4.39 Å². The monoisotopic (exact) mass is 291 g/mol. The van der Waals surface area contributed by atoms with Crippen molar-refractivity contribution in [1.29, 1.82) is 5.26 Å². The van der Waals surface area contributed by atoms with Crippen LogP contribution in [0.3, 0.4) is 0 Å². The van der Waals surface area contributed by atoms with E-state index < -0.39 is 0 Å². The molecule has 21 heavy (non-hydrogen) atoms. The largest absolute Gasteiger partial charge is 0.368 e. The van der Waals surface area contributed by atoms with Crippen molar-refractivity contribution in [3.05, 3.63) is 29.6 Å². The summed E-state index contributed by atoms with van der Waals surface area (Å²) in [6, 6.07) is 7.53. The summed E-state index contributed by atoms with van der Waals surface area (Å²) in [5.74, 6) is -0.189. The van der Waals surface area contributed by atoms with Crippen LogP contribution in [0.2, 0.25) is 0 Å². The van der Waals surface area contributed by atoms with Crippen molar-refractivity contribution in [3.63, 3.8) is 0 Å². The molecule has 116 valence electrons. The summed E-state index contributed by atoms with van der Waals surface area (Å²) in [5, 5.41) is 12.2. The molecule has 0 amide bonds. The van der Waals surface area contributed by atoms with E-state index in [1.165, 1.54) is 6.07 Å². The molecule has 0 saturated carbocycles. The Morgan fingerprint density at radius 3 is 2.62 bits per heavy atom. The highest BCUT2D eigenvalue weighted by Crippen LogP contribution is 2.30. The van der Waals surface area contributed by atoms with Crippen molar-refractivity contribution < 1.29 is 4.39 Å². The number of nitriles is 1. The van der Waals surface area contributed by atoms with E-state index in [2.05, 4.69) is 37.1 Å². The van der Waals surface area contributed by atoms with Crippen LogP contribution in [-0.4, -0.2) is 19.1 Å². The minimum atomic E-state index is -0.189. The van der Waals surface area contributed by atoms with E-state index in [1.54, 1.807) is 6.07 Å². The second-order valence-corrected chi connectivity index (χ2v) is 5.54. The van der Waals surface area contributed by atoms with E-state index in [-0.39, 0.29) is 17.9 Å². The average Bonchev–Trinajstić information content (AvgIpc) is 2.45. The van der Waals surface area contributed by atoms with E-state index in [9.17, 15) is 4.39 Å². The van der Waals surface area contributed by atoms with Gasteiger partial charge >= 0.3 is 0 Å². The molecule has 1 unspecified atom stereocenters. The summed E-state index contributed by atoms with van der Waals surface area (Å²) in [6.45, 7) is 9.68. The number of rotatable bonds is 8. The molecule has 3 nitrogen and oxygen atoms in total. The third-order valence-corrected chi connectivity index (χ3v) is 3.56. The molecule has 1 N–H and O–H groups in total. The van der Waals surface area contributed by atoms with Crippen molar-refractivity contribution in [3.8, 4) is 6.07 Å². The first-order valence-electron chi connectivity index (χ1n) is 7.68. The van der Waals surface area contributed by atoms with Crippen molar-refractivity contribution in [1.82, 2.24) is 5.32 Å². The van der Waals surface area contributed by atoms with Gasteiger partial charge in [0.25, 0.3) is 0 Å². The molecule has 0 aromatic heterocycles. The van der Waals surface area contributed by atoms with Crippen LogP contribution in [0.15, 0.2) is 18.2 Å². The van der Waals surface area contributed by atoms with Crippen LogP contribution in [0.1, 0.15) is 52.1 Å². The van der Waals surface area contributed by atoms with Crippen LogP contribution in [-0.2, 0) is 0 Å². The molecule has 0 saturated heterocycles. The average molecular weight is 291 g/mol. The predicted molar refractivity (Wildman–Crippen MR) is 85.8 cm³/mol. The third kappa shape index (κ3) is 4.71. The Kier molecular flexibility index (Phi) is 7.18. The van der Waals surface area contributed by atoms with Gasteiger partial charge in [0.2, 0.25) is 0 Å². The maximum absolute atomic E-state index is 14.3. The lowest BCUT2D eigenvalue weighted by Crippen LogP contribution is -2.34. The highest BCUT2D eigenvalue weighted by Gasteiger charge is 2.20. The normalized spacial score (nSPS) is 12.2. The fourth-order valence-electron chi connectivity index (χ4n) is 2.49. The van der Waals surface area contributed by atoms with E-state index in [0.717, 1.165) is 18.7 Å². The van der Waals surface area contributed by atoms with Gasteiger partial charge in [-0.1, -0.05) is 13.0 Å². The first-order valence-corrected chi connectivity index (χ1v) is 7.68. The van der Waals surface area contributed by atoms with Gasteiger partial charge in [-0.2, -0.15) is 5.26 Å². The molecule has 1 rings (SSSR count). The van der Waals surface area contributed by atoms with Crippen LogP contribution in [0.4, 0.5) is 10.1 Å². The Morgan fingerprint density at radius 2 is 2.05 bits per heavy atom. The Hall–Kier alpha value is -1.60. The van der Waals surface area contributed by atoms with Crippen LogP contribution in [0.5, 0.6) is 0 Å². The molecule has 0 aliphatic carbocycles. The fraction of sp³-hybridized carbons (Fsp3) is 0.588. The Labute approximate surface area is 127 Å².